The molecule has 1 aromatic rings. The number of benzene rings is 1. The lowest BCUT2D eigenvalue weighted by Gasteiger charge is -2.36. The summed E-state index contributed by atoms with van der Waals surface area (Å²) in [5.74, 6) is 2.12. The van der Waals surface area contributed by atoms with E-state index in [1.165, 1.54) is 0 Å². The van der Waals surface area contributed by atoms with Gasteiger partial charge in [-0.1, -0.05) is 25.1 Å². The molecule has 120 valence electrons. The first-order chi connectivity index (χ1) is 10.7. The molecule has 4 heteroatoms. The van der Waals surface area contributed by atoms with Crippen LogP contribution in [0, 0.1) is 0 Å². The second-order valence-corrected chi connectivity index (χ2v) is 6.91. The lowest BCUT2D eigenvalue weighted by molar-refractivity contribution is -0.122. The van der Waals surface area contributed by atoms with Gasteiger partial charge in [0.15, 0.2) is 5.78 Å². The molecule has 1 saturated heterocycles. The molecule has 0 aromatic heterocycles. The van der Waals surface area contributed by atoms with Crippen molar-refractivity contribution < 1.29 is 9.53 Å². The van der Waals surface area contributed by atoms with E-state index in [1.807, 2.05) is 30.3 Å². The molecule has 0 saturated carbocycles. The summed E-state index contributed by atoms with van der Waals surface area (Å²) in [6, 6.07) is 7.90. The van der Waals surface area contributed by atoms with Crippen molar-refractivity contribution in [1.29, 1.82) is 0 Å². The molecule has 0 N–H and O–H groups in total. The van der Waals surface area contributed by atoms with Gasteiger partial charge in [0.2, 0.25) is 0 Å². The number of ether oxygens (including phenoxy) is 1. The van der Waals surface area contributed by atoms with E-state index < -0.39 is 0 Å². The molecule has 1 aliphatic rings. The van der Waals surface area contributed by atoms with Gasteiger partial charge in [-0.25, -0.2) is 0 Å². The van der Waals surface area contributed by atoms with Crippen molar-refractivity contribution in [1.82, 2.24) is 4.90 Å². The van der Waals surface area contributed by atoms with Gasteiger partial charge in [-0.05, 0) is 29.9 Å². The number of hydrogen-bond donors (Lipinski definition) is 0. The number of methoxy groups -OCH3 is 1. The molecule has 2 rings (SSSR count). The van der Waals surface area contributed by atoms with E-state index in [2.05, 4.69) is 18.4 Å². The molecule has 3 nitrogen and oxygen atoms in total. The van der Waals surface area contributed by atoms with Crippen molar-refractivity contribution in [2.45, 2.75) is 24.5 Å². The fraction of sp³-hybridized carbons (Fsp3) is 0.500. The Bertz CT molecular complexity index is 518. The van der Waals surface area contributed by atoms with Crippen molar-refractivity contribution >= 4 is 17.5 Å². The third-order valence-corrected chi connectivity index (χ3v) is 5.36. The van der Waals surface area contributed by atoms with Gasteiger partial charge in [0, 0.05) is 19.6 Å². The maximum atomic E-state index is 12.9. The predicted molar refractivity (Wildman–Crippen MR) is 93.9 cm³/mol. The van der Waals surface area contributed by atoms with Crippen LogP contribution in [0.15, 0.2) is 36.9 Å². The minimum Gasteiger partial charge on any atom is -0.497 e. The van der Waals surface area contributed by atoms with Crippen LogP contribution < -0.4 is 4.74 Å². The number of Topliss-reactive ketones (excluding diaryl/α,β-unsaturated/α-hetero) is 1. The van der Waals surface area contributed by atoms with Crippen molar-refractivity contribution in [3.05, 3.63) is 42.5 Å². The Morgan fingerprint density at radius 3 is 2.95 bits per heavy atom. The van der Waals surface area contributed by atoms with Crippen LogP contribution in [0.25, 0.3) is 0 Å². The van der Waals surface area contributed by atoms with Gasteiger partial charge in [-0.3, -0.25) is 9.69 Å². The zero-order chi connectivity index (χ0) is 15.9. The van der Waals surface area contributed by atoms with Gasteiger partial charge >= 0.3 is 0 Å². The number of hydrogen-bond acceptors (Lipinski definition) is 4. The molecule has 2 atom stereocenters. The lowest BCUT2D eigenvalue weighted by Crippen LogP contribution is -2.47. The summed E-state index contributed by atoms with van der Waals surface area (Å²) in [6.45, 7) is 8.41. The molecule has 1 aliphatic heterocycles. The second kappa shape index (κ2) is 8.39. The molecular formula is C18H25NO2S. The van der Waals surface area contributed by atoms with Crippen LogP contribution in [0.3, 0.4) is 0 Å². The van der Waals surface area contributed by atoms with Gasteiger partial charge in [0.1, 0.15) is 5.75 Å². The first-order valence-corrected chi connectivity index (χ1v) is 8.87. The van der Waals surface area contributed by atoms with E-state index in [9.17, 15) is 4.79 Å². The average molecular weight is 319 g/mol. The maximum absolute atomic E-state index is 12.9. The third kappa shape index (κ3) is 4.14. The highest BCUT2D eigenvalue weighted by Gasteiger charge is 2.35. The monoisotopic (exact) mass is 319 g/mol. The average Bonchev–Trinajstić information content (AvgIpc) is 2.55. The van der Waals surface area contributed by atoms with E-state index in [4.69, 9.17) is 4.74 Å². The van der Waals surface area contributed by atoms with Crippen LogP contribution in [0.1, 0.15) is 24.8 Å². The molecule has 22 heavy (non-hydrogen) atoms. The largest absolute Gasteiger partial charge is 0.497 e. The minimum atomic E-state index is -0.0712. The van der Waals surface area contributed by atoms with Crippen molar-refractivity contribution in [3.63, 3.8) is 0 Å². The quantitative estimate of drug-likeness (QED) is 0.721. The summed E-state index contributed by atoms with van der Waals surface area (Å²) in [5.41, 5.74) is 1.06. The Morgan fingerprint density at radius 1 is 1.45 bits per heavy atom. The van der Waals surface area contributed by atoms with Gasteiger partial charge in [0.05, 0.1) is 18.3 Å². The number of nitrogens with zero attached hydrogens (tertiary/aromatic N) is 1. The number of rotatable bonds is 7. The Labute approximate surface area is 137 Å². The fourth-order valence-corrected chi connectivity index (χ4v) is 3.99. The number of ketones is 1. The minimum absolute atomic E-state index is 0.0600. The van der Waals surface area contributed by atoms with Gasteiger partial charge in [-0.2, -0.15) is 0 Å². The molecule has 0 radical (unpaired) electrons. The molecule has 0 bridgehead atoms. The fourth-order valence-electron chi connectivity index (χ4n) is 2.83. The van der Waals surface area contributed by atoms with Crippen LogP contribution in [0.2, 0.25) is 0 Å². The number of piperidine rings is 1. The summed E-state index contributed by atoms with van der Waals surface area (Å²) >= 11 is 1.79. The summed E-state index contributed by atoms with van der Waals surface area (Å²) in [6.07, 6.45) is 3.01. The van der Waals surface area contributed by atoms with E-state index in [-0.39, 0.29) is 11.2 Å². The number of likely N-dealkylation sites (tertiary alicyclic amines) is 1. The van der Waals surface area contributed by atoms with Crippen LogP contribution in [-0.4, -0.2) is 48.4 Å². The zero-order valence-electron chi connectivity index (χ0n) is 13.5. The first-order valence-electron chi connectivity index (χ1n) is 7.82. The number of thioether (sulfide) groups is 1. The summed E-state index contributed by atoms with van der Waals surface area (Å²) in [7, 11) is 1.66. The van der Waals surface area contributed by atoms with Gasteiger partial charge < -0.3 is 4.74 Å². The van der Waals surface area contributed by atoms with Crippen LogP contribution in [0.4, 0.5) is 0 Å². The van der Waals surface area contributed by atoms with Crippen molar-refractivity contribution in [2.24, 2.45) is 0 Å². The standard InChI is InChI=1S/C18H25NO2S/c1-4-9-19-12-16(14-7-6-8-15(11-14)21-3)18(20)17(13-19)22-10-5-2/h4,6-8,11,16-17H,1,5,9-10,12-13H2,2-3H3. The molecular weight excluding hydrogens is 294 g/mol. The number of carbonyl (C=O) groups is 1. The van der Waals surface area contributed by atoms with Crippen LogP contribution in [-0.2, 0) is 4.79 Å². The molecule has 0 aliphatic carbocycles. The van der Waals surface area contributed by atoms with Crippen LogP contribution >= 0.6 is 11.8 Å². The Kier molecular flexibility index (Phi) is 6.52. The molecule has 0 spiro atoms. The van der Waals surface area contributed by atoms with E-state index in [0.717, 1.165) is 43.1 Å². The molecule has 1 heterocycles. The molecule has 1 fully saturated rings. The zero-order valence-corrected chi connectivity index (χ0v) is 14.3. The van der Waals surface area contributed by atoms with Crippen molar-refractivity contribution in [2.75, 3.05) is 32.5 Å². The van der Waals surface area contributed by atoms with E-state index in [1.54, 1.807) is 18.9 Å². The maximum Gasteiger partial charge on any atom is 0.155 e. The summed E-state index contributed by atoms with van der Waals surface area (Å²) in [5, 5.41) is 0.0600. The highest BCUT2D eigenvalue weighted by Crippen LogP contribution is 2.31. The molecule has 0 amide bonds. The lowest BCUT2D eigenvalue weighted by atomic mass is 9.89. The van der Waals surface area contributed by atoms with Crippen LogP contribution in [0.5, 0.6) is 5.75 Å². The summed E-state index contributed by atoms with van der Waals surface area (Å²) in [4.78, 5) is 15.2. The van der Waals surface area contributed by atoms with Gasteiger partial charge in [0.25, 0.3) is 0 Å². The topological polar surface area (TPSA) is 29.5 Å². The summed E-state index contributed by atoms with van der Waals surface area (Å²) < 4.78 is 5.30. The molecule has 1 aromatic carbocycles. The highest BCUT2D eigenvalue weighted by atomic mass is 32.2. The van der Waals surface area contributed by atoms with Crippen molar-refractivity contribution in [3.8, 4) is 5.75 Å². The van der Waals surface area contributed by atoms with E-state index >= 15 is 0 Å². The molecule has 2 unspecified atom stereocenters. The predicted octanol–water partition coefficient (Wildman–Crippen LogP) is 3.36. The third-order valence-electron chi connectivity index (χ3n) is 3.93. The second-order valence-electron chi connectivity index (χ2n) is 5.60. The Morgan fingerprint density at radius 2 is 2.27 bits per heavy atom. The first kappa shape index (κ1) is 17.1. The Balaban J connectivity index is 2.22. The van der Waals surface area contributed by atoms with E-state index in [0.29, 0.717) is 5.78 Å². The normalized spacial score (nSPS) is 22.5. The van der Waals surface area contributed by atoms with Gasteiger partial charge in [-0.15, -0.1) is 18.3 Å². The number of carbonyl (C=O) groups excluding carboxylic acids is 1. The Hall–Kier alpha value is -1.26. The highest BCUT2D eigenvalue weighted by molar-refractivity contribution is 8.00. The smallest absolute Gasteiger partial charge is 0.155 e. The SMILES string of the molecule is C=CCN1CC(SCCC)C(=O)C(c2cccc(OC)c2)C1.